The van der Waals surface area contributed by atoms with Crippen LogP contribution in [0.5, 0.6) is 11.5 Å². The first-order valence-corrected chi connectivity index (χ1v) is 15.3. The van der Waals surface area contributed by atoms with Crippen LogP contribution in [0.3, 0.4) is 0 Å². The summed E-state index contributed by atoms with van der Waals surface area (Å²) in [4.78, 5) is 39.1. The fraction of sp³-hybridized carbons (Fsp3) is 0.448. The van der Waals surface area contributed by atoms with Gasteiger partial charge in [0, 0.05) is 36.8 Å². The molecule has 0 aliphatic carbocycles. The third-order valence-electron chi connectivity index (χ3n) is 6.74. The lowest BCUT2D eigenvalue weighted by molar-refractivity contribution is -0.139. The molecule has 0 aromatic heterocycles. The molecule has 0 fully saturated rings. The Morgan fingerprint density at radius 1 is 1.12 bits per heavy atom. The number of rotatable bonds is 12. The fourth-order valence-corrected chi connectivity index (χ4v) is 5.76. The Hall–Kier alpha value is -4.13. The maximum absolute atomic E-state index is 13.7. The van der Waals surface area contributed by atoms with Crippen LogP contribution in [-0.2, 0) is 26.8 Å². The number of ketones is 1. The van der Waals surface area contributed by atoms with Crippen LogP contribution in [0.2, 0.25) is 0 Å². The van der Waals surface area contributed by atoms with Gasteiger partial charge in [-0.05, 0) is 49.1 Å². The number of nitrogens with one attached hydrogen (secondary N) is 2. The molecule has 42 heavy (non-hydrogen) atoms. The number of amides is 1. The molecule has 0 unspecified atom stereocenters. The highest BCUT2D eigenvalue weighted by Gasteiger charge is 2.32. The van der Waals surface area contributed by atoms with Gasteiger partial charge in [0.05, 0.1) is 30.7 Å². The van der Waals surface area contributed by atoms with Gasteiger partial charge in [-0.3, -0.25) is 19.3 Å². The molecule has 0 atom stereocenters. The highest BCUT2D eigenvalue weighted by molar-refractivity contribution is 7.92. The van der Waals surface area contributed by atoms with E-state index < -0.39 is 28.0 Å². The summed E-state index contributed by atoms with van der Waals surface area (Å²) in [5.41, 5.74) is 1.58. The first-order valence-electron chi connectivity index (χ1n) is 13.4. The van der Waals surface area contributed by atoms with Crippen LogP contribution in [-0.4, -0.2) is 81.5 Å². The number of sulfonamides is 1. The molecule has 3 N–H and O–H groups in total. The van der Waals surface area contributed by atoms with Crippen molar-refractivity contribution in [2.24, 2.45) is 0 Å². The molecule has 0 spiro atoms. The van der Waals surface area contributed by atoms with Crippen LogP contribution in [0.4, 0.5) is 5.69 Å². The number of fused-ring (bicyclic) bond motifs is 1. The lowest BCUT2D eigenvalue weighted by atomic mass is 9.84. The Labute approximate surface area is 246 Å². The van der Waals surface area contributed by atoms with Crippen molar-refractivity contribution in [2.45, 2.75) is 46.6 Å². The Morgan fingerprint density at radius 2 is 1.79 bits per heavy atom. The zero-order valence-corrected chi connectivity index (χ0v) is 25.8. The van der Waals surface area contributed by atoms with Gasteiger partial charge in [0.1, 0.15) is 17.3 Å². The summed E-state index contributed by atoms with van der Waals surface area (Å²) in [6.45, 7) is 8.66. The number of carbonyl (C=O) groups excluding carboxylic acids is 2. The Morgan fingerprint density at radius 3 is 2.31 bits per heavy atom. The maximum Gasteiger partial charge on any atom is 0.341 e. The second-order valence-corrected chi connectivity index (χ2v) is 12.8. The maximum atomic E-state index is 13.7. The predicted molar refractivity (Wildman–Crippen MR) is 159 cm³/mol. The number of aliphatic carboxylic acids is 1. The minimum atomic E-state index is -3.82. The largest absolute Gasteiger partial charge is 0.493 e. The van der Waals surface area contributed by atoms with Crippen LogP contribution >= 0.6 is 0 Å². The van der Waals surface area contributed by atoms with Crippen molar-refractivity contribution in [3.05, 3.63) is 52.1 Å². The van der Waals surface area contributed by atoms with Crippen molar-refractivity contribution in [2.75, 3.05) is 43.9 Å². The zero-order chi connectivity index (χ0) is 31.6. The van der Waals surface area contributed by atoms with Crippen LogP contribution < -0.4 is 19.1 Å². The van der Waals surface area contributed by atoms with Crippen molar-refractivity contribution in [1.29, 1.82) is 5.41 Å². The Bertz CT molecular complexity index is 1530. The molecule has 13 heteroatoms. The first-order chi connectivity index (χ1) is 19.5. The lowest BCUT2D eigenvalue weighted by Gasteiger charge is -2.30. The van der Waals surface area contributed by atoms with Crippen molar-refractivity contribution in [1.82, 2.24) is 10.2 Å². The molecule has 1 heterocycles. The van der Waals surface area contributed by atoms with E-state index in [1.165, 1.54) is 13.1 Å². The van der Waals surface area contributed by atoms with E-state index >= 15 is 0 Å². The molecular formula is C29H38N4O8S. The monoisotopic (exact) mass is 602 g/mol. The molecule has 3 rings (SSSR count). The molecule has 2 aromatic carbocycles. The molecule has 228 valence electrons. The third-order valence-corrected chi connectivity index (χ3v) is 8.00. The Kier molecular flexibility index (Phi) is 9.56. The topological polar surface area (TPSA) is 166 Å². The number of hydrogen-bond acceptors (Lipinski definition) is 8. The molecule has 1 aliphatic heterocycles. The highest BCUT2D eigenvalue weighted by Crippen LogP contribution is 2.41. The van der Waals surface area contributed by atoms with Gasteiger partial charge in [-0.25, -0.2) is 13.2 Å². The van der Waals surface area contributed by atoms with E-state index in [4.69, 9.17) is 14.9 Å². The summed E-state index contributed by atoms with van der Waals surface area (Å²) >= 11 is 0. The minimum absolute atomic E-state index is 0.0193. The number of carboxylic acid groups (broad SMARTS) is 1. The van der Waals surface area contributed by atoms with Crippen LogP contribution in [0.15, 0.2) is 24.3 Å². The molecule has 0 saturated heterocycles. The summed E-state index contributed by atoms with van der Waals surface area (Å²) in [5, 5.41) is 20.6. The quantitative estimate of drug-likeness (QED) is 0.310. The van der Waals surface area contributed by atoms with Gasteiger partial charge in [-0.2, -0.15) is 0 Å². The van der Waals surface area contributed by atoms with E-state index in [9.17, 15) is 27.9 Å². The summed E-state index contributed by atoms with van der Waals surface area (Å²) in [7, 11) is -2.31. The number of amidine groups is 1. The van der Waals surface area contributed by atoms with Crippen LogP contribution in [0, 0.1) is 5.41 Å². The number of ether oxygens (including phenoxy) is 2. The van der Waals surface area contributed by atoms with Crippen molar-refractivity contribution >= 4 is 39.2 Å². The number of Topliss-reactive ketones (excluding diaryl/α,β-unsaturated/α-hetero) is 1. The highest BCUT2D eigenvalue weighted by atomic mass is 32.2. The second kappa shape index (κ2) is 12.4. The molecule has 1 amide bonds. The van der Waals surface area contributed by atoms with E-state index in [-0.39, 0.29) is 59.7 Å². The summed E-state index contributed by atoms with van der Waals surface area (Å²) in [6.07, 6.45) is 1.02. The average Bonchev–Trinajstić information content (AvgIpc) is 3.19. The van der Waals surface area contributed by atoms with Gasteiger partial charge in [-0.15, -0.1) is 0 Å². The first kappa shape index (κ1) is 32.4. The third kappa shape index (κ3) is 6.84. The average molecular weight is 603 g/mol. The number of carbonyl (C=O) groups is 3. The normalized spacial score (nSPS) is 13.0. The van der Waals surface area contributed by atoms with E-state index in [1.54, 1.807) is 36.9 Å². The number of anilines is 1. The van der Waals surface area contributed by atoms with E-state index in [0.29, 0.717) is 23.5 Å². The van der Waals surface area contributed by atoms with Gasteiger partial charge in [0.25, 0.3) is 5.91 Å². The lowest BCUT2D eigenvalue weighted by Crippen LogP contribution is -2.33. The van der Waals surface area contributed by atoms with E-state index in [1.807, 2.05) is 20.8 Å². The zero-order valence-electron chi connectivity index (χ0n) is 25.0. The number of hydrogen-bond donors (Lipinski definition) is 3. The molecule has 0 bridgehead atoms. The SMILES string of the molecule is CCOc1cc2c(cc1C(=O)NC)C(=N)N(CC(=O)c1cc(N(CC)S(C)(=O)=O)c(OCC(=O)O)c(C(C)(C)C)c1)C2. The summed E-state index contributed by atoms with van der Waals surface area (Å²) in [6, 6.07) is 6.27. The van der Waals surface area contributed by atoms with Crippen LogP contribution in [0.25, 0.3) is 0 Å². The molecule has 0 saturated carbocycles. The van der Waals surface area contributed by atoms with Gasteiger partial charge in [0.2, 0.25) is 10.0 Å². The molecule has 12 nitrogen and oxygen atoms in total. The number of nitrogens with zero attached hydrogens (tertiary/aromatic N) is 2. The van der Waals surface area contributed by atoms with Crippen LogP contribution in [0.1, 0.15) is 72.0 Å². The molecule has 1 aliphatic rings. The van der Waals surface area contributed by atoms with E-state index in [2.05, 4.69) is 5.32 Å². The number of benzene rings is 2. The Balaban J connectivity index is 2.07. The minimum Gasteiger partial charge on any atom is -0.493 e. The standard InChI is InChI=1S/C29H38N4O8S/c1-8-33(42(7,38)39)22-11-17(10-21(29(3,4)5)26(22)41-16-25(35)36)23(34)15-32-14-18-12-24(40-9-2)20(28(37)31-6)13-19(18)27(32)30/h10-13,30H,8-9,14-16H2,1-7H3,(H,31,37)(H,35,36). The van der Waals surface area contributed by atoms with Crippen molar-refractivity contribution in [3.63, 3.8) is 0 Å². The fourth-order valence-electron chi connectivity index (χ4n) is 4.80. The summed E-state index contributed by atoms with van der Waals surface area (Å²) in [5.74, 6) is -1.46. The molecule has 0 radical (unpaired) electrons. The van der Waals surface area contributed by atoms with Gasteiger partial charge in [-0.1, -0.05) is 20.8 Å². The van der Waals surface area contributed by atoms with E-state index in [0.717, 1.165) is 16.1 Å². The van der Waals surface area contributed by atoms with Gasteiger partial charge in [0.15, 0.2) is 12.4 Å². The van der Waals surface area contributed by atoms with Crippen molar-refractivity contribution in [3.8, 4) is 11.5 Å². The van der Waals surface area contributed by atoms with Gasteiger partial charge >= 0.3 is 5.97 Å². The smallest absolute Gasteiger partial charge is 0.341 e. The molecule has 2 aromatic rings. The summed E-state index contributed by atoms with van der Waals surface area (Å²) < 4.78 is 37.8. The van der Waals surface area contributed by atoms with Gasteiger partial charge < -0.3 is 24.8 Å². The number of carboxylic acids is 1. The predicted octanol–water partition coefficient (Wildman–Crippen LogP) is 3.02. The second-order valence-electron chi connectivity index (χ2n) is 10.9. The van der Waals surface area contributed by atoms with Crippen molar-refractivity contribution < 1.29 is 37.4 Å². The molecular weight excluding hydrogens is 564 g/mol.